The van der Waals surface area contributed by atoms with Crippen molar-refractivity contribution >= 4 is 0 Å². The minimum absolute atomic E-state index is 0.0264. The van der Waals surface area contributed by atoms with Crippen LogP contribution in [0, 0.1) is 0 Å². The van der Waals surface area contributed by atoms with Crippen LogP contribution < -0.4 is 0 Å². The number of hydrogen-bond acceptors (Lipinski definition) is 1. The highest BCUT2D eigenvalue weighted by Gasteiger charge is 2.39. The Balaban J connectivity index is 1.56. The lowest BCUT2D eigenvalue weighted by Gasteiger charge is -2.39. The zero-order valence-electron chi connectivity index (χ0n) is 31.8. The number of hydrogen-bond donors (Lipinski definition) is 0. The van der Waals surface area contributed by atoms with Crippen molar-refractivity contribution in [3.05, 3.63) is 90.0 Å². The second kappa shape index (κ2) is 25.6. The zero-order chi connectivity index (χ0) is 34.0. The van der Waals surface area contributed by atoms with Crippen molar-refractivity contribution in [2.24, 2.45) is 0 Å². The Hall–Kier alpha value is -2.35. The van der Waals surface area contributed by atoms with Crippen LogP contribution in [0.5, 0.6) is 0 Å². The summed E-state index contributed by atoms with van der Waals surface area (Å²) in [5, 5.41) is 0. The summed E-state index contributed by atoms with van der Waals surface area (Å²) in [4.78, 5) is 5.15. The molecule has 2 aromatic carbocycles. The number of nitrogens with zero attached hydrogens (tertiary/aromatic N) is 2. The van der Waals surface area contributed by atoms with Gasteiger partial charge in [-0.15, -0.1) is 0 Å². The molecule has 0 spiro atoms. The van der Waals surface area contributed by atoms with Gasteiger partial charge in [0.15, 0.2) is 0 Å². The molecule has 2 atom stereocenters. The first-order valence-electron chi connectivity index (χ1n) is 20.8. The third kappa shape index (κ3) is 15.5. The van der Waals surface area contributed by atoms with Crippen LogP contribution in [0.1, 0.15) is 198 Å². The summed E-state index contributed by atoms with van der Waals surface area (Å²) in [5.74, 6) is 1.69. The van der Waals surface area contributed by atoms with E-state index in [-0.39, 0.29) is 5.41 Å². The van der Waals surface area contributed by atoms with Gasteiger partial charge in [0.1, 0.15) is 5.82 Å². The van der Waals surface area contributed by atoms with Crippen molar-refractivity contribution in [2.75, 3.05) is 0 Å². The molecule has 1 aromatic heterocycles. The van der Waals surface area contributed by atoms with E-state index < -0.39 is 0 Å². The first-order valence-corrected chi connectivity index (χ1v) is 20.8. The summed E-state index contributed by atoms with van der Waals surface area (Å²) in [5.41, 5.74) is 2.84. The predicted octanol–water partition coefficient (Wildman–Crippen LogP) is 14.6. The van der Waals surface area contributed by atoms with Gasteiger partial charge in [-0.2, -0.15) is 0 Å². The van der Waals surface area contributed by atoms with E-state index in [9.17, 15) is 0 Å². The van der Waals surface area contributed by atoms with Crippen LogP contribution in [0.3, 0.4) is 0 Å². The van der Waals surface area contributed by atoms with Crippen LogP contribution in [-0.2, 0) is 18.4 Å². The van der Waals surface area contributed by atoms with Gasteiger partial charge < -0.3 is 4.57 Å². The van der Waals surface area contributed by atoms with E-state index in [0.29, 0.717) is 5.92 Å². The molecule has 2 unspecified atom stereocenters. The highest BCUT2D eigenvalue weighted by molar-refractivity contribution is 5.33. The van der Waals surface area contributed by atoms with E-state index in [1.54, 1.807) is 0 Å². The summed E-state index contributed by atoms with van der Waals surface area (Å²) in [6, 6.07) is 22.5. The predicted molar refractivity (Wildman–Crippen MR) is 211 cm³/mol. The molecule has 3 rings (SSSR count). The number of aromatic nitrogens is 2. The molecule has 0 fully saturated rings. The Morgan fingerprint density at radius 1 is 0.542 bits per heavy atom. The van der Waals surface area contributed by atoms with Crippen LogP contribution in [0.15, 0.2) is 73.1 Å². The van der Waals surface area contributed by atoms with Gasteiger partial charge in [-0.3, -0.25) is 0 Å². The molecule has 0 saturated carbocycles. The van der Waals surface area contributed by atoms with Crippen molar-refractivity contribution in [3.63, 3.8) is 0 Å². The summed E-state index contributed by atoms with van der Waals surface area (Å²) in [6.07, 6.45) is 38.6. The summed E-state index contributed by atoms with van der Waals surface area (Å²) in [7, 11) is 0. The Morgan fingerprint density at radius 3 is 1.48 bits per heavy atom. The highest BCUT2D eigenvalue weighted by Crippen LogP contribution is 2.44. The zero-order valence-corrected chi connectivity index (χ0v) is 31.8. The fourth-order valence-corrected chi connectivity index (χ4v) is 7.95. The Bertz CT molecular complexity index is 1140. The molecule has 268 valence electrons. The molecule has 2 heteroatoms. The lowest BCUT2D eigenvalue weighted by molar-refractivity contribution is 0.321. The molecule has 0 aliphatic carbocycles. The number of imidazole rings is 1. The third-order valence-electron chi connectivity index (χ3n) is 11.0. The van der Waals surface area contributed by atoms with E-state index in [4.69, 9.17) is 4.98 Å². The van der Waals surface area contributed by atoms with Gasteiger partial charge in [-0.25, -0.2) is 4.98 Å². The van der Waals surface area contributed by atoms with Crippen LogP contribution >= 0.6 is 0 Å². The van der Waals surface area contributed by atoms with Gasteiger partial charge in [0, 0.05) is 30.3 Å². The number of unbranched alkanes of at least 4 members (excludes halogenated alkanes) is 21. The topological polar surface area (TPSA) is 17.8 Å². The van der Waals surface area contributed by atoms with E-state index in [0.717, 1.165) is 13.0 Å². The minimum atomic E-state index is -0.0264. The van der Waals surface area contributed by atoms with Crippen molar-refractivity contribution in [2.45, 2.75) is 199 Å². The largest absolute Gasteiger partial charge is 0.335 e. The highest BCUT2D eigenvalue weighted by atomic mass is 15.1. The van der Waals surface area contributed by atoms with Gasteiger partial charge >= 0.3 is 0 Å². The molecule has 48 heavy (non-hydrogen) atoms. The summed E-state index contributed by atoms with van der Waals surface area (Å²) >= 11 is 0. The first kappa shape index (κ1) is 40.1. The average molecular weight is 655 g/mol. The lowest BCUT2D eigenvalue weighted by Crippen LogP contribution is -2.35. The summed E-state index contributed by atoms with van der Waals surface area (Å²) < 4.78 is 2.53. The van der Waals surface area contributed by atoms with Crippen LogP contribution in [0.2, 0.25) is 0 Å². The van der Waals surface area contributed by atoms with Crippen molar-refractivity contribution < 1.29 is 0 Å². The van der Waals surface area contributed by atoms with Crippen LogP contribution in [0.4, 0.5) is 0 Å². The fraction of sp³-hybridized carbons (Fsp3) is 0.674. The monoisotopic (exact) mass is 655 g/mol. The number of rotatable bonds is 30. The van der Waals surface area contributed by atoms with E-state index in [1.807, 2.05) is 0 Å². The average Bonchev–Trinajstić information content (AvgIpc) is 3.58. The van der Waals surface area contributed by atoms with Crippen molar-refractivity contribution in [3.8, 4) is 0 Å². The minimum Gasteiger partial charge on any atom is -0.335 e. The molecule has 0 saturated heterocycles. The van der Waals surface area contributed by atoms with Gasteiger partial charge in [0.25, 0.3) is 0 Å². The second-order valence-electron chi connectivity index (χ2n) is 15.2. The first-order chi connectivity index (χ1) is 23.7. The maximum Gasteiger partial charge on any atom is 0.112 e. The SMILES string of the molecule is CCCCCCCCCCCCCCCCn1ccnc1C(CCCCCCCCCCC)C(C)(Cc1ccccc1)c1ccccc1. The molecular formula is C46H74N2. The van der Waals surface area contributed by atoms with E-state index in [1.165, 1.54) is 171 Å². The van der Waals surface area contributed by atoms with E-state index in [2.05, 4.69) is 98.4 Å². The number of aryl methyl sites for hydroxylation is 1. The van der Waals surface area contributed by atoms with Crippen LogP contribution in [0.25, 0.3) is 0 Å². The molecule has 0 aliphatic heterocycles. The van der Waals surface area contributed by atoms with Gasteiger partial charge in [-0.1, -0.05) is 223 Å². The lowest BCUT2D eigenvalue weighted by atomic mass is 9.66. The van der Waals surface area contributed by atoms with Gasteiger partial charge in [0.05, 0.1) is 0 Å². The summed E-state index contributed by atoms with van der Waals surface area (Å²) in [6.45, 7) is 8.24. The molecule has 1 heterocycles. The fourth-order valence-electron chi connectivity index (χ4n) is 7.95. The maximum absolute atomic E-state index is 5.15. The van der Waals surface area contributed by atoms with Gasteiger partial charge in [-0.05, 0) is 30.4 Å². The molecule has 0 radical (unpaired) electrons. The Labute approximate surface area is 297 Å². The molecular weight excluding hydrogens is 581 g/mol. The van der Waals surface area contributed by atoms with Crippen molar-refractivity contribution in [1.29, 1.82) is 0 Å². The van der Waals surface area contributed by atoms with E-state index >= 15 is 0 Å². The second-order valence-corrected chi connectivity index (χ2v) is 15.2. The molecule has 0 bridgehead atoms. The molecule has 3 aromatic rings. The van der Waals surface area contributed by atoms with Crippen molar-refractivity contribution in [1.82, 2.24) is 9.55 Å². The quantitative estimate of drug-likeness (QED) is 0.0654. The van der Waals surface area contributed by atoms with Gasteiger partial charge in [0.2, 0.25) is 0 Å². The molecule has 0 amide bonds. The Kier molecular flexibility index (Phi) is 21.4. The molecule has 2 nitrogen and oxygen atoms in total. The maximum atomic E-state index is 5.15. The molecule has 0 aliphatic rings. The Morgan fingerprint density at radius 2 is 0.979 bits per heavy atom. The standard InChI is InChI=1S/C46H74N2/c1-4-6-8-10-12-14-15-16-17-18-20-22-24-32-39-48-40-38-47-45(48)44(37-31-23-21-19-13-11-9-7-5-2)46(3,43-35-29-26-30-36-43)41-42-33-27-25-28-34-42/h25-30,33-36,38,40,44H,4-24,31-32,37,39,41H2,1-3H3. The third-order valence-corrected chi connectivity index (χ3v) is 11.0. The smallest absolute Gasteiger partial charge is 0.112 e. The normalized spacial score (nSPS) is 13.5. The number of benzene rings is 2. The molecule has 0 N–H and O–H groups in total. The van der Waals surface area contributed by atoms with Crippen LogP contribution in [-0.4, -0.2) is 9.55 Å².